The number of hydrogen-bond donors (Lipinski definition) is 2. The average Bonchev–Trinajstić information content (AvgIpc) is 3.00. The maximum Gasteiger partial charge on any atom is 0.354 e. The molecule has 0 bridgehead atoms. The molecule has 0 saturated carbocycles. The first-order chi connectivity index (χ1) is 10.2. The number of carbonyl (C=O) groups is 1. The monoisotopic (exact) mass is 282 g/mol. The van der Waals surface area contributed by atoms with Crippen molar-refractivity contribution in [3.63, 3.8) is 0 Å². The summed E-state index contributed by atoms with van der Waals surface area (Å²) >= 11 is 0. The van der Waals surface area contributed by atoms with Gasteiger partial charge in [-0.2, -0.15) is 0 Å². The lowest BCUT2D eigenvalue weighted by Gasteiger charge is -2.11. The maximum absolute atomic E-state index is 11.2. The zero-order valence-electron chi connectivity index (χ0n) is 11.8. The molecule has 1 aliphatic carbocycles. The minimum atomic E-state index is -0.998. The Morgan fingerprint density at radius 2 is 2.19 bits per heavy atom. The second-order valence-electron chi connectivity index (χ2n) is 5.31. The molecule has 108 valence electrons. The van der Waals surface area contributed by atoms with Crippen LogP contribution in [0.4, 0.5) is 5.69 Å². The first kappa shape index (κ1) is 13.6. The lowest BCUT2D eigenvalue weighted by Crippen LogP contribution is -2.07. The predicted molar refractivity (Wildman–Crippen MR) is 83.7 cm³/mol. The van der Waals surface area contributed by atoms with Crippen LogP contribution in [0.25, 0.3) is 10.9 Å². The number of hydrogen-bond acceptors (Lipinski definition) is 3. The van der Waals surface area contributed by atoms with Crippen LogP contribution < -0.4 is 5.32 Å². The Labute approximate surface area is 123 Å². The highest BCUT2D eigenvalue weighted by molar-refractivity contribution is 5.97. The van der Waals surface area contributed by atoms with Crippen molar-refractivity contribution in [3.05, 3.63) is 47.7 Å². The van der Waals surface area contributed by atoms with Gasteiger partial charge >= 0.3 is 5.97 Å². The lowest BCUT2D eigenvalue weighted by molar-refractivity contribution is 0.0691. The Balaban J connectivity index is 1.83. The summed E-state index contributed by atoms with van der Waals surface area (Å²) in [6, 6.07) is 9.23. The van der Waals surface area contributed by atoms with Crippen LogP contribution >= 0.6 is 0 Å². The number of allylic oxidation sites excluding steroid dienone is 1. The number of carboxylic acid groups (broad SMARTS) is 1. The zero-order valence-corrected chi connectivity index (χ0v) is 11.8. The van der Waals surface area contributed by atoms with Gasteiger partial charge in [0, 0.05) is 17.6 Å². The molecule has 2 N–H and O–H groups in total. The molecule has 2 aromatic rings. The summed E-state index contributed by atoms with van der Waals surface area (Å²) in [5, 5.41) is 13.5. The maximum atomic E-state index is 11.2. The summed E-state index contributed by atoms with van der Waals surface area (Å²) in [6.45, 7) is 0.818. The van der Waals surface area contributed by atoms with E-state index in [0.29, 0.717) is 5.52 Å². The van der Waals surface area contributed by atoms with Crippen LogP contribution in [0.2, 0.25) is 0 Å². The number of aromatic carboxylic acids is 1. The number of carboxylic acids is 1. The molecule has 21 heavy (non-hydrogen) atoms. The number of rotatable bonds is 5. The van der Waals surface area contributed by atoms with Gasteiger partial charge in [0.15, 0.2) is 5.69 Å². The van der Waals surface area contributed by atoms with Gasteiger partial charge in [-0.15, -0.1) is 0 Å². The van der Waals surface area contributed by atoms with Crippen molar-refractivity contribution < 1.29 is 9.90 Å². The largest absolute Gasteiger partial charge is 0.477 e. The van der Waals surface area contributed by atoms with E-state index in [1.165, 1.54) is 24.8 Å². The van der Waals surface area contributed by atoms with Crippen LogP contribution in [0.5, 0.6) is 0 Å². The molecule has 0 unspecified atom stereocenters. The van der Waals surface area contributed by atoms with E-state index in [1.807, 2.05) is 24.3 Å². The van der Waals surface area contributed by atoms with E-state index >= 15 is 0 Å². The molecular formula is C17H18N2O2. The highest BCUT2D eigenvalue weighted by Crippen LogP contribution is 2.24. The molecule has 4 heteroatoms. The first-order valence-corrected chi connectivity index (χ1v) is 7.29. The van der Waals surface area contributed by atoms with E-state index < -0.39 is 5.97 Å². The molecule has 3 rings (SSSR count). The zero-order chi connectivity index (χ0) is 14.7. The molecule has 0 aliphatic heterocycles. The van der Waals surface area contributed by atoms with Gasteiger partial charge in [-0.3, -0.25) is 0 Å². The summed E-state index contributed by atoms with van der Waals surface area (Å²) in [7, 11) is 0. The molecule has 1 aromatic heterocycles. The summed E-state index contributed by atoms with van der Waals surface area (Å²) < 4.78 is 0. The van der Waals surface area contributed by atoms with Crippen molar-refractivity contribution >= 4 is 22.6 Å². The predicted octanol–water partition coefficient (Wildman–Crippen LogP) is 3.85. The van der Waals surface area contributed by atoms with E-state index in [0.717, 1.165) is 24.0 Å². The number of pyridine rings is 1. The van der Waals surface area contributed by atoms with Crippen molar-refractivity contribution in [2.45, 2.75) is 25.7 Å². The third-order valence-corrected chi connectivity index (χ3v) is 3.83. The van der Waals surface area contributed by atoms with Crippen molar-refractivity contribution in [1.82, 2.24) is 4.98 Å². The van der Waals surface area contributed by atoms with E-state index in [2.05, 4.69) is 16.4 Å². The van der Waals surface area contributed by atoms with Gasteiger partial charge in [-0.25, -0.2) is 9.78 Å². The molecule has 1 heterocycles. The standard InChI is InChI=1S/C17H18N2O2/c20-17(21)16-11-15(13-7-3-4-8-14(13)19-16)18-10-9-12-5-1-2-6-12/h3-5,7-8,11H,1-2,6,9-10H2,(H,18,19)(H,20,21). The molecule has 0 amide bonds. The fraction of sp³-hybridized carbons (Fsp3) is 0.294. The molecule has 4 nitrogen and oxygen atoms in total. The smallest absolute Gasteiger partial charge is 0.354 e. The fourth-order valence-electron chi connectivity index (χ4n) is 2.75. The number of anilines is 1. The fourth-order valence-corrected chi connectivity index (χ4v) is 2.75. The van der Waals surface area contributed by atoms with Gasteiger partial charge in [0.2, 0.25) is 0 Å². The Bertz CT molecular complexity index is 707. The summed E-state index contributed by atoms with van der Waals surface area (Å²) in [5.74, 6) is -0.998. The van der Waals surface area contributed by atoms with Crippen LogP contribution in [-0.4, -0.2) is 22.6 Å². The molecule has 0 radical (unpaired) electrons. The van der Waals surface area contributed by atoms with Gasteiger partial charge in [-0.05, 0) is 37.8 Å². The number of aromatic nitrogens is 1. The van der Waals surface area contributed by atoms with Gasteiger partial charge < -0.3 is 10.4 Å². The highest BCUT2D eigenvalue weighted by Gasteiger charge is 2.11. The second-order valence-corrected chi connectivity index (χ2v) is 5.31. The van der Waals surface area contributed by atoms with Gasteiger partial charge in [0.1, 0.15) is 0 Å². The third-order valence-electron chi connectivity index (χ3n) is 3.83. The van der Waals surface area contributed by atoms with Gasteiger partial charge in [0.05, 0.1) is 5.52 Å². The second kappa shape index (κ2) is 5.95. The molecule has 0 atom stereocenters. The number of nitrogens with zero attached hydrogens (tertiary/aromatic N) is 1. The minimum absolute atomic E-state index is 0.0799. The number of benzene rings is 1. The summed E-state index contributed by atoms with van der Waals surface area (Å²) in [6.07, 6.45) is 6.97. The van der Waals surface area contributed by atoms with Crippen molar-refractivity contribution in [1.29, 1.82) is 0 Å². The van der Waals surface area contributed by atoms with E-state index in [-0.39, 0.29) is 5.69 Å². The van der Waals surface area contributed by atoms with Crippen LogP contribution in [0.3, 0.4) is 0 Å². The van der Waals surface area contributed by atoms with Crippen LogP contribution in [0.1, 0.15) is 36.2 Å². The van der Waals surface area contributed by atoms with Crippen molar-refractivity contribution in [3.8, 4) is 0 Å². The summed E-state index contributed by atoms with van der Waals surface area (Å²) in [5.41, 5.74) is 3.13. The highest BCUT2D eigenvalue weighted by atomic mass is 16.4. The van der Waals surface area contributed by atoms with Gasteiger partial charge in [-0.1, -0.05) is 29.8 Å². The third kappa shape index (κ3) is 3.05. The quantitative estimate of drug-likeness (QED) is 0.818. The molecule has 0 fully saturated rings. The van der Waals surface area contributed by atoms with Crippen molar-refractivity contribution in [2.24, 2.45) is 0 Å². The average molecular weight is 282 g/mol. The Hall–Kier alpha value is -2.36. The molecule has 0 spiro atoms. The Kier molecular flexibility index (Phi) is 3.86. The molecule has 1 aromatic carbocycles. The number of fused-ring (bicyclic) bond motifs is 1. The number of para-hydroxylation sites is 1. The van der Waals surface area contributed by atoms with E-state index in [1.54, 1.807) is 6.07 Å². The van der Waals surface area contributed by atoms with E-state index in [9.17, 15) is 4.79 Å². The lowest BCUT2D eigenvalue weighted by atomic mass is 10.1. The SMILES string of the molecule is O=C(O)c1cc(NCCC2=CCCC2)c2ccccc2n1. The molecule has 1 aliphatic rings. The van der Waals surface area contributed by atoms with Crippen LogP contribution in [-0.2, 0) is 0 Å². The molecular weight excluding hydrogens is 264 g/mol. The number of nitrogens with one attached hydrogen (secondary N) is 1. The first-order valence-electron chi connectivity index (χ1n) is 7.29. The van der Waals surface area contributed by atoms with E-state index in [4.69, 9.17) is 5.11 Å². The van der Waals surface area contributed by atoms with Crippen LogP contribution in [0.15, 0.2) is 42.0 Å². The molecule has 0 saturated heterocycles. The van der Waals surface area contributed by atoms with Crippen LogP contribution in [0, 0.1) is 0 Å². The topological polar surface area (TPSA) is 62.2 Å². The van der Waals surface area contributed by atoms with Crippen molar-refractivity contribution in [2.75, 3.05) is 11.9 Å². The Morgan fingerprint density at radius 1 is 1.33 bits per heavy atom. The normalized spacial score (nSPS) is 14.2. The van der Waals surface area contributed by atoms with Gasteiger partial charge in [0.25, 0.3) is 0 Å². The summed E-state index contributed by atoms with van der Waals surface area (Å²) in [4.78, 5) is 15.4. The minimum Gasteiger partial charge on any atom is -0.477 e. The Morgan fingerprint density at radius 3 is 2.95 bits per heavy atom.